The van der Waals surface area contributed by atoms with E-state index >= 15 is 0 Å². The Morgan fingerprint density at radius 2 is 2.00 bits per heavy atom. The molecule has 2 aliphatic heterocycles. The normalized spacial score (nSPS) is 19.9. The zero-order valence-corrected chi connectivity index (χ0v) is 16.5. The van der Waals surface area contributed by atoms with Crippen LogP contribution in [0.3, 0.4) is 0 Å². The molecule has 0 spiro atoms. The quantitative estimate of drug-likeness (QED) is 0.724. The lowest BCUT2D eigenvalue weighted by atomic mass is 10.0. The van der Waals surface area contributed by atoms with Gasteiger partial charge in [-0.25, -0.2) is 0 Å². The summed E-state index contributed by atoms with van der Waals surface area (Å²) in [5.74, 6) is 2.28. The number of aromatic nitrogens is 1. The molecule has 7 heteroatoms. The third-order valence-corrected chi connectivity index (χ3v) is 5.15. The van der Waals surface area contributed by atoms with Gasteiger partial charge in [0, 0.05) is 45.0 Å². The average molecular weight is 402 g/mol. The van der Waals surface area contributed by atoms with Crippen molar-refractivity contribution < 1.29 is 14.2 Å². The van der Waals surface area contributed by atoms with Crippen LogP contribution < -0.4 is 4.74 Å². The van der Waals surface area contributed by atoms with Crippen molar-refractivity contribution in [1.29, 1.82) is 0 Å². The van der Waals surface area contributed by atoms with Crippen LogP contribution in [0.25, 0.3) is 0 Å². The van der Waals surface area contributed by atoms with Crippen molar-refractivity contribution in [1.82, 2.24) is 14.8 Å². The largest absolute Gasteiger partial charge is 0.491 e. The predicted molar refractivity (Wildman–Crippen MR) is 108 cm³/mol. The van der Waals surface area contributed by atoms with Gasteiger partial charge in [0.1, 0.15) is 18.6 Å². The van der Waals surface area contributed by atoms with Crippen molar-refractivity contribution in [2.75, 3.05) is 39.3 Å². The average Bonchev–Trinajstić information content (AvgIpc) is 2.75. The molecule has 3 aliphatic rings. The fourth-order valence-corrected chi connectivity index (χ4v) is 3.51. The van der Waals surface area contributed by atoms with Crippen molar-refractivity contribution in [3.63, 3.8) is 0 Å². The van der Waals surface area contributed by atoms with E-state index in [1.807, 2.05) is 0 Å². The fraction of sp³-hybridized carbons (Fsp3) is 0.381. The first-order valence-corrected chi connectivity index (χ1v) is 9.96. The SMILES string of the molecule is Clc1cncc(OCCN2CCN(C3=COC(C4=CC=CCC4)=CO3)CC2)c1. The molecule has 1 aliphatic carbocycles. The maximum Gasteiger partial charge on any atom is 0.231 e. The Bertz CT molecular complexity index is 811. The predicted octanol–water partition coefficient (Wildman–Crippen LogP) is 3.69. The third kappa shape index (κ3) is 4.88. The monoisotopic (exact) mass is 401 g/mol. The molecule has 6 nitrogen and oxygen atoms in total. The molecular formula is C21H24ClN3O3. The zero-order valence-electron chi connectivity index (χ0n) is 15.7. The lowest BCUT2D eigenvalue weighted by Crippen LogP contribution is -2.47. The highest BCUT2D eigenvalue weighted by molar-refractivity contribution is 6.30. The smallest absolute Gasteiger partial charge is 0.231 e. The Morgan fingerprint density at radius 1 is 1.11 bits per heavy atom. The first-order valence-electron chi connectivity index (χ1n) is 9.58. The molecule has 0 radical (unpaired) electrons. The summed E-state index contributed by atoms with van der Waals surface area (Å²) in [5, 5.41) is 0.586. The van der Waals surface area contributed by atoms with Crippen LogP contribution in [0.2, 0.25) is 5.02 Å². The summed E-state index contributed by atoms with van der Waals surface area (Å²) in [6.45, 7) is 5.16. The maximum atomic E-state index is 5.92. The van der Waals surface area contributed by atoms with E-state index in [1.165, 1.54) is 5.57 Å². The summed E-state index contributed by atoms with van der Waals surface area (Å²) in [4.78, 5) is 8.61. The second kappa shape index (κ2) is 9.17. The van der Waals surface area contributed by atoms with Crippen molar-refractivity contribution in [3.8, 4) is 5.75 Å². The number of ether oxygens (including phenoxy) is 3. The van der Waals surface area contributed by atoms with E-state index in [0.29, 0.717) is 17.4 Å². The highest BCUT2D eigenvalue weighted by atomic mass is 35.5. The van der Waals surface area contributed by atoms with Crippen molar-refractivity contribution >= 4 is 11.6 Å². The minimum absolute atomic E-state index is 0.586. The molecule has 0 aromatic carbocycles. The standard InChI is InChI=1S/C21H24ClN3O3/c22-18-12-19(14-23-13-18)26-11-10-24-6-8-25(9-7-24)21-16-27-20(15-28-21)17-4-2-1-3-5-17/h1-2,4,12-16H,3,5-11H2. The van der Waals surface area contributed by atoms with Gasteiger partial charge >= 0.3 is 0 Å². The molecule has 3 heterocycles. The molecule has 1 saturated heterocycles. The molecule has 1 fully saturated rings. The molecule has 148 valence electrons. The minimum Gasteiger partial charge on any atom is -0.491 e. The third-order valence-electron chi connectivity index (χ3n) is 4.94. The van der Waals surface area contributed by atoms with Gasteiger partial charge in [0.2, 0.25) is 5.88 Å². The van der Waals surface area contributed by atoms with Gasteiger partial charge < -0.3 is 19.1 Å². The number of halogens is 1. The van der Waals surface area contributed by atoms with Crippen molar-refractivity contribution in [3.05, 3.63) is 71.5 Å². The van der Waals surface area contributed by atoms with Gasteiger partial charge in [-0.3, -0.25) is 9.88 Å². The first kappa shape index (κ1) is 18.9. The summed E-state index contributed by atoms with van der Waals surface area (Å²) in [6.07, 6.45) is 15.1. The summed E-state index contributed by atoms with van der Waals surface area (Å²) < 4.78 is 17.4. The van der Waals surface area contributed by atoms with Gasteiger partial charge in [-0.2, -0.15) is 0 Å². The number of allylic oxidation sites excluding steroid dienone is 4. The Morgan fingerprint density at radius 3 is 2.71 bits per heavy atom. The van der Waals surface area contributed by atoms with E-state index in [4.69, 9.17) is 25.8 Å². The summed E-state index contributed by atoms with van der Waals surface area (Å²) >= 11 is 5.92. The van der Waals surface area contributed by atoms with Crippen LogP contribution in [0, 0.1) is 0 Å². The van der Waals surface area contributed by atoms with Gasteiger partial charge in [0.05, 0.1) is 11.2 Å². The van der Waals surface area contributed by atoms with E-state index in [0.717, 1.165) is 57.2 Å². The lowest BCUT2D eigenvalue weighted by molar-refractivity contribution is 0.0784. The van der Waals surface area contributed by atoms with Crippen LogP contribution in [-0.4, -0.2) is 54.1 Å². The Kier molecular flexibility index (Phi) is 6.19. The Balaban J connectivity index is 1.19. The summed E-state index contributed by atoms with van der Waals surface area (Å²) in [5.41, 5.74) is 1.18. The molecule has 1 aromatic rings. The van der Waals surface area contributed by atoms with Crippen molar-refractivity contribution in [2.24, 2.45) is 0 Å². The van der Waals surface area contributed by atoms with Crippen LogP contribution >= 0.6 is 11.6 Å². The Labute approximate surface area is 170 Å². The van der Waals surface area contributed by atoms with Crippen molar-refractivity contribution in [2.45, 2.75) is 12.8 Å². The highest BCUT2D eigenvalue weighted by Crippen LogP contribution is 2.26. The lowest BCUT2D eigenvalue weighted by Gasteiger charge is -2.36. The van der Waals surface area contributed by atoms with Crippen LogP contribution in [0.4, 0.5) is 0 Å². The minimum atomic E-state index is 0.586. The van der Waals surface area contributed by atoms with Gasteiger partial charge in [-0.1, -0.05) is 29.8 Å². The zero-order chi connectivity index (χ0) is 19.2. The number of piperazine rings is 1. The van der Waals surface area contributed by atoms with Gasteiger partial charge in [-0.05, 0) is 18.4 Å². The molecule has 0 saturated carbocycles. The van der Waals surface area contributed by atoms with E-state index in [2.05, 4.69) is 33.0 Å². The number of pyridine rings is 1. The number of hydrogen-bond donors (Lipinski definition) is 0. The fourth-order valence-electron chi connectivity index (χ4n) is 3.35. The molecule has 0 bridgehead atoms. The van der Waals surface area contributed by atoms with E-state index in [9.17, 15) is 0 Å². The molecule has 0 atom stereocenters. The van der Waals surface area contributed by atoms with E-state index in [-0.39, 0.29) is 0 Å². The van der Waals surface area contributed by atoms with E-state index < -0.39 is 0 Å². The number of rotatable bonds is 6. The molecule has 0 unspecified atom stereocenters. The topological polar surface area (TPSA) is 47.1 Å². The second-order valence-electron chi connectivity index (χ2n) is 6.85. The second-order valence-corrected chi connectivity index (χ2v) is 7.29. The van der Waals surface area contributed by atoms with Crippen LogP contribution in [0.5, 0.6) is 5.75 Å². The first-order chi connectivity index (χ1) is 13.8. The van der Waals surface area contributed by atoms with Crippen LogP contribution in [-0.2, 0) is 9.47 Å². The molecule has 1 aromatic heterocycles. The molecular weight excluding hydrogens is 378 g/mol. The number of nitrogens with zero attached hydrogens (tertiary/aromatic N) is 3. The van der Waals surface area contributed by atoms with Crippen LogP contribution in [0.1, 0.15) is 12.8 Å². The molecule has 0 amide bonds. The molecule has 4 rings (SSSR count). The highest BCUT2D eigenvalue weighted by Gasteiger charge is 2.22. The van der Waals surface area contributed by atoms with Crippen LogP contribution in [0.15, 0.2) is 66.4 Å². The maximum absolute atomic E-state index is 5.92. The van der Waals surface area contributed by atoms with Gasteiger partial charge in [0.15, 0.2) is 12.0 Å². The van der Waals surface area contributed by atoms with Gasteiger partial charge in [-0.15, -0.1) is 0 Å². The molecule has 0 N–H and O–H groups in total. The molecule has 28 heavy (non-hydrogen) atoms. The van der Waals surface area contributed by atoms with E-state index in [1.54, 1.807) is 31.0 Å². The summed E-state index contributed by atoms with van der Waals surface area (Å²) in [7, 11) is 0. The Hall–Kier alpha value is -2.44. The number of hydrogen-bond acceptors (Lipinski definition) is 6. The summed E-state index contributed by atoms with van der Waals surface area (Å²) in [6, 6.07) is 1.78. The van der Waals surface area contributed by atoms with Gasteiger partial charge in [0.25, 0.3) is 0 Å².